The van der Waals surface area contributed by atoms with Crippen LogP contribution >= 0.6 is 11.8 Å². The van der Waals surface area contributed by atoms with Gasteiger partial charge in [-0.25, -0.2) is 9.59 Å². The molecule has 0 unspecified atom stereocenters. The topological polar surface area (TPSA) is 55.8 Å². The lowest BCUT2D eigenvalue weighted by Crippen LogP contribution is -2.28. The number of rotatable bonds is 7. The van der Waals surface area contributed by atoms with E-state index in [1.165, 1.54) is 14.2 Å². The van der Waals surface area contributed by atoms with Crippen LogP contribution < -0.4 is 4.90 Å². The van der Waals surface area contributed by atoms with Crippen molar-refractivity contribution in [1.29, 1.82) is 0 Å². The van der Waals surface area contributed by atoms with Crippen LogP contribution in [0.1, 0.15) is 40.1 Å². The summed E-state index contributed by atoms with van der Waals surface area (Å²) in [6.07, 6.45) is 1.97. The molecule has 0 aliphatic rings. The van der Waals surface area contributed by atoms with Gasteiger partial charge in [-0.3, -0.25) is 0 Å². The number of thioether (sulfide) groups is 1. The van der Waals surface area contributed by atoms with Gasteiger partial charge in [0.25, 0.3) is 0 Å². The van der Waals surface area contributed by atoms with Crippen LogP contribution in [0.15, 0.2) is 35.2 Å². The van der Waals surface area contributed by atoms with E-state index in [0.29, 0.717) is 18.8 Å². The van der Waals surface area contributed by atoms with E-state index >= 15 is 0 Å². The molecule has 0 saturated heterocycles. The molecule has 0 aliphatic carbocycles. The Morgan fingerprint density at radius 2 is 1.50 bits per heavy atom. The second-order valence-corrected chi connectivity index (χ2v) is 6.97. The molecule has 0 N–H and O–H groups in total. The molecule has 0 heterocycles. The lowest BCUT2D eigenvalue weighted by atomic mass is 9.91. The van der Waals surface area contributed by atoms with E-state index in [2.05, 4.69) is 4.90 Å². The van der Waals surface area contributed by atoms with E-state index < -0.39 is 11.9 Å². The molecular formula is C22H27NO4S. The molecule has 2 aromatic carbocycles. The van der Waals surface area contributed by atoms with Crippen LogP contribution in [0, 0.1) is 6.92 Å². The number of carbonyl (C=O) groups excluding carboxylic acids is 2. The summed E-state index contributed by atoms with van der Waals surface area (Å²) in [5.41, 5.74) is 3.86. The molecule has 5 nitrogen and oxygen atoms in total. The van der Waals surface area contributed by atoms with Gasteiger partial charge in [0, 0.05) is 23.5 Å². The van der Waals surface area contributed by atoms with Crippen LogP contribution in [-0.2, 0) is 9.47 Å². The Balaban J connectivity index is 3.12. The van der Waals surface area contributed by atoms with Gasteiger partial charge in [0.2, 0.25) is 0 Å². The molecule has 2 rings (SSSR count). The first kappa shape index (κ1) is 21.8. The zero-order valence-corrected chi connectivity index (χ0v) is 18.1. The molecule has 6 heteroatoms. The molecule has 0 spiro atoms. The molecule has 0 saturated carbocycles. The second kappa shape index (κ2) is 9.64. The zero-order chi connectivity index (χ0) is 20.8. The average Bonchev–Trinajstić information content (AvgIpc) is 2.74. The molecule has 0 fully saturated rings. The third kappa shape index (κ3) is 3.87. The fourth-order valence-corrected chi connectivity index (χ4v) is 4.31. The van der Waals surface area contributed by atoms with Crippen molar-refractivity contribution in [2.24, 2.45) is 0 Å². The van der Waals surface area contributed by atoms with Crippen LogP contribution in [0.5, 0.6) is 0 Å². The summed E-state index contributed by atoms with van der Waals surface area (Å²) < 4.78 is 10.1. The summed E-state index contributed by atoms with van der Waals surface area (Å²) in [5.74, 6) is -1.09. The molecule has 150 valence electrons. The van der Waals surface area contributed by atoms with Gasteiger partial charge in [-0.15, -0.1) is 11.8 Å². The number of ether oxygens (including phenoxy) is 2. The van der Waals surface area contributed by atoms with Crippen molar-refractivity contribution in [2.45, 2.75) is 25.7 Å². The molecule has 2 aromatic rings. The average molecular weight is 402 g/mol. The summed E-state index contributed by atoms with van der Waals surface area (Å²) in [6, 6.07) is 9.91. The Morgan fingerprint density at radius 3 is 1.96 bits per heavy atom. The van der Waals surface area contributed by atoms with Crippen LogP contribution in [0.4, 0.5) is 5.69 Å². The molecular weight excluding hydrogens is 374 g/mol. The maximum atomic E-state index is 12.9. The Morgan fingerprint density at radius 1 is 0.964 bits per heavy atom. The maximum absolute atomic E-state index is 12.9. The van der Waals surface area contributed by atoms with Gasteiger partial charge in [0.1, 0.15) is 0 Å². The first-order valence-electron chi connectivity index (χ1n) is 9.18. The Labute approximate surface area is 171 Å². The number of benzene rings is 2. The van der Waals surface area contributed by atoms with Crippen LogP contribution in [0.3, 0.4) is 0 Å². The van der Waals surface area contributed by atoms with E-state index in [4.69, 9.17) is 9.47 Å². The summed E-state index contributed by atoms with van der Waals surface area (Å²) in [5, 5.41) is 0. The molecule has 0 aromatic heterocycles. The van der Waals surface area contributed by atoms with E-state index in [9.17, 15) is 9.59 Å². The van der Waals surface area contributed by atoms with Crippen molar-refractivity contribution in [3.8, 4) is 11.1 Å². The molecule has 28 heavy (non-hydrogen) atoms. The number of esters is 2. The highest BCUT2D eigenvalue weighted by molar-refractivity contribution is 7.98. The van der Waals surface area contributed by atoms with E-state index in [1.54, 1.807) is 11.8 Å². The maximum Gasteiger partial charge on any atom is 0.340 e. The molecule has 0 aliphatic heterocycles. The van der Waals surface area contributed by atoms with Gasteiger partial charge in [0.05, 0.1) is 31.0 Å². The molecule has 0 radical (unpaired) electrons. The highest BCUT2D eigenvalue weighted by atomic mass is 32.2. The largest absolute Gasteiger partial charge is 0.465 e. The summed E-state index contributed by atoms with van der Waals surface area (Å²) in [4.78, 5) is 28.6. The Kier molecular flexibility index (Phi) is 7.52. The molecule has 0 atom stereocenters. The minimum Gasteiger partial charge on any atom is -0.465 e. The third-order valence-corrected chi connectivity index (χ3v) is 5.71. The number of anilines is 1. The van der Waals surface area contributed by atoms with Crippen molar-refractivity contribution < 1.29 is 19.1 Å². The van der Waals surface area contributed by atoms with Crippen molar-refractivity contribution in [2.75, 3.05) is 38.5 Å². The Bertz CT molecular complexity index is 861. The van der Waals surface area contributed by atoms with Crippen molar-refractivity contribution in [3.63, 3.8) is 0 Å². The highest BCUT2D eigenvalue weighted by Gasteiger charge is 2.32. The first-order chi connectivity index (χ1) is 13.5. The fraction of sp³-hybridized carbons (Fsp3) is 0.364. The van der Waals surface area contributed by atoms with Crippen molar-refractivity contribution >= 4 is 29.4 Å². The SMILES string of the molecule is CCN(CC)c1c(C(=O)OC)c(C(=O)OC)c(C)c(SC)c1-c1ccccc1. The Hall–Kier alpha value is -2.47. The standard InChI is InChI=1S/C22H27NO4S/c1-7-23(8-2)19-17(15-12-10-9-11-13-15)20(28-6)14(3)16(21(24)26-4)18(19)22(25)27-5/h9-13H,7-8H2,1-6H3. The van der Waals surface area contributed by atoms with Gasteiger partial charge in [0.15, 0.2) is 0 Å². The van der Waals surface area contributed by atoms with Crippen LogP contribution in [0.25, 0.3) is 11.1 Å². The monoisotopic (exact) mass is 401 g/mol. The van der Waals surface area contributed by atoms with E-state index in [-0.39, 0.29) is 11.1 Å². The van der Waals surface area contributed by atoms with Crippen molar-refractivity contribution in [1.82, 2.24) is 0 Å². The number of hydrogen-bond donors (Lipinski definition) is 0. The lowest BCUT2D eigenvalue weighted by molar-refractivity contribution is 0.0554. The van der Waals surface area contributed by atoms with Crippen LogP contribution in [-0.4, -0.2) is 45.5 Å². The minimum atomic E-state index is -0.546. The number of methoxy groups -OCH3 is 2. The van der Waals surface area contributed by atoms with Crippen molar-refractivity contribution in [3.05, 3.63) is 47.0 Å². The number of nitrogens with zero attached hydrogens (tertiary/aromatic N) is 1. The van der Waals surface area contributed by atoms with Crippen LogP contribution in [0.2, 0.25) is 0 Å². The fourth-order valence-electron chi connectivity index (χ4n) is 3.48. The zero-order valence-electron chi connectivity index (χ0n) is 17.3. The van der Waals surface area contributed by atoms with Gasteiger partial charge < -0.3 is 14.4 Å². The van der Waals surface area contributed by atoms with Gasteiger partial charge in [-0.1, -0.05) is 30.3 Å². The quantitative estimate of drug-likeness (QED) is 0.490. The summed E-state index contributed by atoms with van der Waals surface area (Å²) in [7, 11) is 2.65. The minimum absolute atomic E-state index is 0.257. The third-order valence-electron chi connectivity index (χ3n) is 4.79. The first-order valence-corrected chi connectivity index (χ1v) is 10.4. The van der Waals surface area contributed by atoms with E-state index in [0.717, 1.165) is 21.6 Å². The van der Waals surface area contributed by atoms with Gasteiger partial charge in [-0.05, 0) is 38.2 Å². The lowest BCUT2D eigenvalue weighted by Gasteiger charge is -2.30. The second-order valence-electron chi connectivity index (χ2n) is 6.15. The predicted octanol–water partition coefficient (Wildman–Crippen LogP) is 4.80. The number of hydrogen-bond acceptors (Lipinski definition) is 6. The summed E-state index contributed by atoms with van der Waals surface area (Å²) >= 11 is 1.55. The van der Waals surface area contributed by atoms with E-state index in [1.807, 2.05) is 57.4 Å². The van der Waals surface area contributed by atoms with Gasteiger partial charge in [-0.2, -0.15) is 0 Å². The smallest absolute Gasteiger partial charge is 0.340 e. The predicted molar refractivity (Wildman–Crippen MR) is 115 cm³/mol. The molecule has 0 amide bonds. The summed E-state index contributed by atoms with van der Waals surface area (Å²) in [6.45, 7) is 7.25. The normalized spacial score (nSPS) is 10.5. The molecule has 0 bridgehead atoms. The highest BCUT2D eigenvalue weighted by Crippen LogP contribution is 2.45. The van der Waals surface area contributed by atoms with Gasteiger partial charge >= 0.3 is 11.9 Å². The number of carbonyl (C=O) groups is 2.